The van der Waals surface area contributed by atoms with Crippen LogP contribution in [0.15, 0.2) is 0 Å². The van der Waals surface area contributed by atoms with Gasteiger partial charge in [0, 0.05) is 14.6 Å². The summed E-state index contributed by atoms with van der Waals surface area (Å²) in [5.74, 6) is 0. The molecule has 7 heavy (non-hydrogen) atoms. The van der Waals surface area contributed by atoms with Crippen molar-refractivity contribution in [1.29, 1.82) is 0 Å². The second-order valence-corrected chi connectivity index (χ2v) is 1.65. The van der Waals surface area contributed by atoms with E-state index in [-0.39, 0.29) is 1.43 Å². The van der Waals surface area contributed by atoms with Gasteiger partial charge in [-0.05, 0) is 14.0 Å². The third-order valence-corrected chi connectivity index (χ3v) is 0.909. The van der Waals surface area contributed by atoms with Crippen LogP contribution < -0.4 is 5.32 Å². The van der Waals surface area contributed by atoms with E-state index in [1.165, 1.54) is 0 Å². The molecule has 0 aliphatic carbocycles. The monoisotopic (exact) mass is 105 g/mol. The number of methoxy groups -OCH3 is 1. The van der Waals surface area contributed by atoms with Gasteiger partial charge in [0.05, 0.1) is 6.61 Å². The number of hydrogen-bond donors (Lipinski definition) is 1. The van der Waals surface area contributed by atoms with Crippen molar-refractivity contribution < 1.29 is 6.16 Å². The maximum Gasteiger partial charge on any atom is 0.0613 e. The van der Waals surface area contributed by atoms with E-state index in [0.29, 0.717) is 6.04 Å². The minimum atomic E-state index is 0. The van der Waals surface area contributed by atoms with Crippen molar-refractivity contribution in [3.8, 4) is 0 Å². The zero-order valence-corrected chi connectivity index (χ0v) is 5.19. The van der Waals surface area contributed by atoms with Gasteiger partial charge in [-0.3, -0.25) is 0 Å². The summed E-state index contributed by atoms with van der Waals surface area (Å²) in [6.45, 7) is 2.86. The Morgan fingerprint density at radius 2 is 2.43 bits per heavy atom. The maximum atomic E-state index is 4.83. The van der Waals surface area contributed by atoms with Gasteiger partial charge >= 0.3 is 0 Å². The van der Waals surface area contributed by atoms with Crippen molar-refractivity contribution >= 4 is 0 Å². The topological polar surface area (TPSA) is 21.3 Å². The molecule has 0 fully saturated rings. The molecular formula is C5H15NO. The third kappa shape index (κ3) is 3.76. The average Bonchev–Trinajstić information content (AvgIpc) is 1.68. The van der Waals surface area contributed by atoms with Gasteiger partial charge in [-0.2, -0.15) is 0 Å². The van der Waals surface area contributed by atoms with Crippen LogP contribution in [0.25, 0.3) is 0 Å². The molecule has 0 spiro atoms. The summed E-state index contributed by atoms with van der Waals surface area (Å²) in [6.07, 6.45) is 0. The van der Waals surface area contributed by atoms with Gasteiger partial charge in [-0.25, -0.2) is 0 Å². The lowest BCUT2D eigenvalue weighted by Gasteiger charge is -2.05. The molecule has 1 unspecified atom stereocenters. The number of hydrogen-bond acceptors (Lipinski definition) is 2. The summed E-state index contributed by atoms with van der Waals surface area (Å²) >= 11 is 0. The predicted octanol–water partition coefficient (Wildman–Crippen LogP) is 0.487. The molecule has 0 aromatic heterocycles. The second-order valence-electron chi connectivity index (χ2n) is 1.65. The molecule has 0 aromatic rings. The van der Waals surface area contributed by atoms with Crippen molar-refractivity contribution in [3.05, 3.63) is 0 Å². The number of rotatable bonds is 3. The Morgan fingerprint density at radius 1 is 1.86 bits per heavy atom. The van der Waals surface area contributed by atoms with E-state index in [1.54, 1.807) is 7.11 Å². The summed E-state index contributed by atoms with van der Waals surface area (Å²) in [4.78, 5) is 0. The molecular weight excluding hydrogens is 90.1 g/mol. The highest BCUT2D eigenvalue weighted by Crippen LogP contribution is 1.76. The largest absolute Gasteiger partial charge is 0.383 e. The Labute approximate surface area is 46.3 Å². The van der Waals surface area contributed by atoms with Gasteiger partial charge in [-0.1, -0.05) is 0 Å². The van der Waals surface area contributed by atoms with Crippen LogP contribution in [0.5, 0.6) is 0 Å². The molecule has 1 atom stereocenters. The van der Waals surface area contributed by atoms with Crippen molar-refractivity contribution in [3.63, 3.8) is 0 Å². The van der Waals surface area contributed by atoms with Crippen LogP contribution in [0.1, 0.15) is 8.35 Å². The quantitative estimate of drug-likeness (QED) is 0.564. The Kier molecular flexibility index (Phi) is 4.04. The molecule has 0 heterocycles. The molecule has 0 saturated carbocycles. The fourth-order valence-electron chi connectivity index (χ4n) is 0.333. The number of nitrogens with one attached hydrogen (secondary N) is 1. The van der Waals surface area contributed by atoms with E-state index >= 15 is 0 Å². The van der Waals surface area contributed by atoms with Crippen LogP contribution in [0.3, 0.4) is 0 Å². The summed E-state index contributed by atoms with van der Waals surface area (Å²) in [5, 5.41) is 3.04. The summed E-state index contributed by atoms with van der Waals surface area (Å²) in [6, 6.07) is 0.477. The maximum absolute atomic E-state index is 4.83. The van der Waals surface area contributed by atoms with Crippen molar-refractivity contribution in [2.45, 2.75) is 13.0 Å². The fraction of sp³-hybridized carbons (Fsp3) is 1.00. The normalized spacial score (nSPS) is 14.1. The van der Waals surface area contributed by atoms with Gasteiger partial charge < -0.3 is 10.1 Å². The SMILES string of the molecule is CNC(C)COC.[HH]. The summed E-state index contributed by atoms with van der Waals surface area (Å²) < 4.78 is 4.83. The van der Waals surface area contributed by atoms with Gasteiger partial charge in [0.1, 0.15) is 0 Å². The number of ether oxygens (including phenoxy) is 1. The second kappa shape index (κ2) is 4.09. The van der Waals surface area contributed by atoms with Crippen LogP contribution in [0.2, 0.25) is 0 Å². The van der Waals surface area contributed by atoms with E-state index < -0.39 is 0 Å². The Hall–Kier alpha value is -0.0800. The minimum absolute atomic E-state index is 0. The van der Waals surface area contributed by atoms with E-state index in [1.807, 2.05) is 7.05 Å². The van der Waals surface area contributed by atoms with E-state index in [0.717, 1.165) is 6.61 Å². The van der Waals surface area contributed by atoms with Crippen LogP contribution >= 0.6 is 0 Å². The van der Waals surface area contributed by atoms with Crippen molar-refractivity contribution in [2.24, 2.45) is 0 Å². The van der Waals surface area contributed by atoms with Gasteiger partial charge in [0.25, 0.3) is 0 Å². The zero-order valence-electron chi connectivity index (χ0n) is 5.19. The van der Waals surface area contributed by atoms with Crippen LogP contribution in [-0.4, -0.2) is 26.8 Å². The molecule has 2 heteroatoms. The smallest absolute Gasteiger partial charge is 0.0613 e. The first-order valence-electron chi connectivity index (χ1n) is 2.47. The molecule has 0 bridgehead atoms. The zero-order chi connectivity index (χ0) is 5.70. The highest BCUT2D eigenvalue weighted by molar-refractivity contribution is 4.51. The molecule has 46 valence electrons. The molecule has 1 N–H and O–H groups in total. The van der Waals surface area contributed by atoms with Gasteiger partial charge in [-0.15, -0.1) is 0 Å². The lowest BCUT2D eigenvalue weighted by molar-refractivity contribution is 0.175. The molecule has 0 radical (unpaired) electrons. The Balaban J connectivity index is 0. The number of likely N-dealkylation sites (N-methyl/N-ethyl adjacent to an activating group) is 1. The minimum Gasteiger partial charge on any atom is -0.383 e. The van der Waals surface area contributed by atoms with Gasteiger partial charge in [0.15, 0.2) is 0 Å². The highest BCUT2D eigenvalue weighted by atomic mass is 16.5. The van der Waals surface area contributed by atoms with Gasteiger partial charge in [0.2, 0.25) is 0 Å². The van der Waals surface area contributed by atoms with E-state index in [4.69, 9.17) is 4.74 Å². The van der Waals surface area contributed by atoms with Crippen LogP contribution in [-0.2, 0) is 4.74 Å². The fourth-order valence-corrected chi connectivity index (χ4v) is 0.333. The summed E-state index contributed by atoms with van der Waals surface area (Å²) in [5.41, 5.74) is 0. The van der Waals surface area contributed by atoms with E-state index in [2.05, 4.69) is 12.2 Å². The first-order valence-corrected chi connectivity index (χ1v) is 2.47. The first-order chi connectivity index (χ1) is 3.31. The van der Waals surface area contributed by atoms with Crippen LogP contribution in [0, 0.1) is 0 Å². The lowest BCUT2D eigenvalue weighted by atomic mass is 10.4. The predicted molar refractivity (Wildman–Crippen MR) is 32.5 cm³/mol. The van der Waals surface area contributed by atoms with Crippen LogP contribution in [0.4, 0.5) is 0 Å². The molecule has 0 aromatic carbocycles. The summed E-state index contributed by atoms with van der Waals surface area (Å²) in [7, 11) is 3.62. The highest BCUT2D eigenvalue weighted by Gasteiger charge is 1.91. The molecule has 0 saturated heterocycles. The molecule has 0 aliphatic rings. The van der Waals surface area contributed by atoms with Crippen molar-refractivity contribution in [1.82, 2.24) is 5.32 Å². The Morgan fingerprint density at radius 3 is 2.57 bits per heavy atom. The Bertz CT molecular complexity index is 43.4. The lowest BCUT2D eigenvalue weighted by Crippen LogP contribution is -2.25. The molecule has 0 rings (SSSR count). The third-order valence-electron chi connectivity index (χ3n) is 0.909. The van der Waals surface area contributed by atoms with E-state index in [9.17, 15) is 0 Å². The molecule has 2 nitrogen and oxygen atoms in total. The average molecular weight is 105 g/mol. The van der Waals surface area contributed by atoms with Crippen molar-refractivity contribution in [2.75, 3.05) is 20.8 Å². The molecule has 0 amide bonds. The first kappa shape index (κ1) is 6.92. The standard InChI is InChI=1S/C5H13NO.H2/c1-5(6-2)4-7-3;/h5-6H,4H2,1-3H3;1H. The molecule has 0 aliphatic heterocycles.